The van der Waals surface area contributed by atoms with Gasteiger partial charge in [-0.1, -0.05) is 29.4 Å². The third-order valence-corrected chi connectivity index (χ3v) is 6.42. The number of hydrogen-bond acceptors (Lipinski definition) is 7. The summed E-state index contributed by atoms with van der Waals surface area (Å²) in [6.45, 7) is -0.281. The maximum atomic E-state index is 13.8. The van der Waals surface area contributed by atoms with Gasteiger partial charge in [-0.25, -0.2) is 18.0 Å². The predicted molar refractivity (Wildman–Crippen MR) is 129 cm³/mol. The van der Waals surface area contributed by atoms with Crippen molar-refractivity contribution >= 4 is 13.6 Å². The van der Waals surface area contributed by atoms with E-state index in [-0.39, 0.29) is 18.4 Å². The number of benzene rings is 2. The fraction of sp³-hybridized carbons (Fsp3) is 0.200. The van der Waals surface area contributed by atoms with Crippen LogP contribution in [0.3, 0.4) is 0 Å². The van der Waals surface area contributed by atoms with Gasteiger partial charge >= 0.3 is 7.82 Å². The summed E-state index contributed by atoms with van der Waals surface area (Å²) in [5.41, 5.74) is 10.4. The van der Waals surface area contributed by atoms with Gasteiger partial charge in [0.15, 0.2) is 5.76 Å². The Labute approximate surface area is 207 Å². The molecule has 2 aromatic carbocycles. The van der Waals surface area contributed by atoms with Gasteiger partial charge in [-0.3, -0.25) is 10.3 Å². The lowest BCUT2D eigenvalue weighted by atomic mass is 10.0. The first-order valence-electron chi connectivity index (χ1n) is 10.9. The third-order valence-electron chi connectivity index (χ3n) is 5.51. The number of anilines is 1. The number of hydrogen-bond donors (Lipinski definition) is 2. The van der Waals surface area contributed by atoms with Gasteiger partial charge < -0.3 is 14.2 Å². The Morgan fingerprint density at radius 1 is 1.06 bits per heavy atom. The number of methoxy groups -OCH3 is 1. The second-order valence-corrected chi connectivity index (χ2v) is 9.60. The quantitative estimate of drug-likeness (QED) is 0.238. The van der Waals surface area contributed by atoms with E-state index in [0.29, 0.717) is 35.6 Å². The van der Waals surface area contributed by atoms with Crippen LogP contribution in [0.4, 0.5) is 10.2 Å². The summed E-state index contributed by atoms with van der Waals surface area (Å²) in [4.78, 5) is 9.44. The van der Waals surface area contributed by atoms with Gasteiger partial charge in [-0.2, -0.15) is 0 Å². The fourth-order valence-electron chi connectivity index (χ4n) is 3.65. The van der Waals surface area contributed by atoms with Crippen LogP contribution < -0.4 is 15.0 Å². The number of phosphoric ester groups is 1. The molecule has 3 N–H and O–H groups in total. The van der Waals surface area contributed by atoms with Crippen LogP contribution in [0, 0.1) is 5.82 Å². The number of halogens is 1. The van der Waals surface area contributed by atoms with Gasteiger partial charge in [0.2, 0.25) is 6.73 Å². The fourth-order valence-corrected chi connectivity index (χ4v) is 4.03. The van der Waals surface area contributed by atoms with E-state index in [1.807, 2.05) is 30.3 Å². The van der Waals surface area contributed by atoms with E-state index in [0.717, 1.165) is 23.8 Å². The largest absolute Gasteiger partial charge is 0.497 e. The van der Waals surface area contributed by atoms with E-state index in [2.05, 4.69) is 9.68 Å². The SMILES string of the molecule is COc1cc(F)cc(Cc2ccc(Cc3cc(-c4ccc[n+](COP(=O)(O)OC)c4N)on3)cc2)c1. The molecular formula is C25H26FN3O6P+. The molecule has 1 unspecified atom stereocenters. The molecule has 9 nitrogen and oxygen atoms in total. The lowest BCUT2D eigenvalue weighted by molar-refractivity contribution is -0.711. The van der Waals surface area contributed by atoms with E-state index < -0.39 is 7.82 Å². The Morgan fingerprint density at radius 3 is 2.47 bits per heavy atom. The monoisotopic (exact) mass is 514 g/mol. The summed E-state index contributed by atoms with van der Waals surface area (Å²) in [7, 11) is -1.55. The van der Waals surface area contributed by atoms with Crippen molar-refractivity contribution in [3.63, 3.8) is 0 Å². The molecule has 0 fully saturated rings. The predicted octanol–water partition coefficient (Wildman–Crippen LogP) is 4.26. The van der Waals surface area contributed by atoms with Crippen molar-refractivity contribution in [1.82, 2.24) is 5.16 Å². The van der Waals surface area contributed by atoms with Gasteiger partial charge in [0.1, 0.15) is 17.1 Å². The molecule has 0 radical (unpaired) electrons. The highest BCUT2D eigenvalue weighted by Gasteiger charge is 2.22. The molecule has 0 aliphatic rings. The van der Waals surface area contributed by atoms with Crippen molar-refractivity contribution in [1.29, 1.82) is 0 Å². The van der Waals surface area contributed by atoms with Crippen LogP contribution >= 0.6 is 7.82 Å². The number of rotatable bonds is 10. The molecule has 0 amide bonds. The summed E-state index contributed by atoms with van der Waals surface area (Å²) in [5, 5.41) is 4.14. The molecule has 11 heteroatoms. The average molecular weight is 514 g/mol. The van der Waals surface area contributed by atoms with Gasteiger partial charge in [-0.15, -0.1) is 0 Å². The Bertz CT molecular complexity index is 1390. The van der Waals surface area contributed by atoms with E-state index in [4.69, 9.17) is 19.5 Å². The standard InChI is InChI=1S/C25H25FN3O6P/c1-32-22-13-19(11-20(26)14-22)10-17-5-7-18(8-6-17)12-21-15-24(35-28-21)23-4-3-9-29(25(23)27)16-34-36(30,31)33-2/h3-9,11,13-15,27H,10,12,16H2,1-2H3,(H,30,31)/p+1. The molecule has 0 bridgehead atoms. The first kappa shape index (κ1) is 25.5. The first-order valence-corrected chi connectivity index (χ1v) is 12.4. The molecule has 0 aliphatic heterocycles. The number of nitrogens with two attached hydrogens (primary N) is 1. The van der Waals surface area contributed by atoms with E-state index >= 15 is 0 Å². The Kier molecular flexibility index (Phi) is 7.81. The summed E-state index contributed by atoms with van der Waals surface area (Å²) in [6, 6.07) is 17.9. The van der Waals surface area contributed by atoms with Crippen molar-refractivity contribution < 1.29 is 36.7 Å². The first-order chi connectivity index (χ1) is 17.3. The Balaban J connectivity index is 1.43. The second-order valence-electron chi connectivity index (χ2n) is 8.04. The molecule has 4 aromatic rings. The zero-order chi connectivity index (χ0) is 25.7. The third kappa shape index (κ3) is 6.35. The highest BCUT2D eigenvalue weighted by molar-refractivity contribution is 7.47. The summed E-state index contributed by atoms with van der Waals surface area (Å²) in [5.74, 6) is 0.884. The van der Waals surface area contributed by atoms with Gasteiger partial charge in [0, 0.05) is 25.7 Å². The Morgan fingerprint density at radius 2 is 1.78 bits per heavy atom. The molecular weight excluding hydrogens is 488 g/mol. The molecule has 0 saturated heterocycles. The molecule has 4 rings (SSSR count). The number of nitrogen functional groups attached to an aromatic ring is 1. The van der Waals surface area contributed by atoms with E-state index in [1.165, 1.54) is 23.8 Å². The molecule has 188 valence electrons. The molecule has 0 spiro atoms. The Hall–Kier alpha value is -3.56. The number of aromatic nitrogens is 2. The number of nitrogens with zero attached hydrogens (tertiary/aromatic N) is 2. The van der Waals surface area contributed by atoms with Crippen LogP contribution in [-0.4, -0.2) is 24.3 Å². The van der Waals surface area contributed by atoms with Crippen LogP contribution in [0.15, 0.2) is 71.4 Å². The zero-order valence-electron chi connectivity index (χ0n) is 19.8. The van der Waals surface area contributed by atoms with Crippen LogP contribution in [-0.2, 0) is 33.2 Å². The van der Waals surface area contributed by atoms with Crippen LogP contribution in [0.1, 0.15) is 22.4 Å². The molecule has 1 atom stereocenters. The molecule has 2 heterocycles. The van der Waals surface area contributed by atoms with Crippen LogP contribution in [0.25, 0.3) is 11.3 Å². The topological polar surface area (TPSA) is 121 Å². The number of pyridine rings is 1. The molecule has 36 heavy (non-hydrogen) atoms. The summed E-state index contributed by atoms with van der Waals surface area (Å²) >= 11 is 0. The summed E-state index contributed by atoms with van der Waals surface area (Å²) < 4.78 is 46.7. The smallest absolute Gasteiger partial charge is 0.475 e. The highest BCUT2D eigenvalue weighted by Crippen LogP contribution is 2.41. The minimum Gasteiger partial charge on any atom is -0.497 e. The van der Waals surface area contributed by atoms with Gasteiger partial charge in [-0.05, 0) is 47.4 Å². The van der Waals surface area contributed by atoms with Crippen LogP contribution in [0.5, 0.6) is 5.75 Å². The minimum atomic E-state index is -4.14. The maximum Gasteiger partial charge on any atom is 0.475 e. The molecule has 2 aromatic heterocycles. The van der Waals surface area contributed by atoms with Crippen molar-refractivity contribution in [2.24, 2.45) is 0 Å². The van der Waals surface area contributed by atoms with Crippen molar-refractivity contribution in [2.45, 2.75) is 19.6 Å². The lowest BCUT2D eigenvalue weighted by Crippen LogP contribution is -2.38. The van der Waals surface area contributed by atoms with E-state index in [9.17, 15) is 13.8 Å². The zero-order valence-corrected chi connectivity index (χ0v) is 20.7. The highest BCUT2D eigenvalue weighted by atomic mass is 31.2. The molecule has 0 aliphatic carbocycles. The summed E-state index contributed by atoms with van der Waals surface area (Å²) in [6.07, 6.45) is 2.72. The molecule has 0 saturated carbocycles. The second kappa shape index (κ2) is 11.0. The van der Waals surface area contributed by atoms with Crippen molar-refractivity contribution in [2.75, 3.05) is 20.0 Å². The lowest BCUT2D eigenvalue weighted by Gasteiger charge is -2.09. The van der Waals surface area contributed by atoms with Crippen LogP contribution in [0.2, 0.25) is 0 Å². The maximum absolute atomic E-state index is 13.8. The minimum absolute atomic E-state index is 0.273. The van der Waals surface area contributed by atoms with Gasteiger partial charge in [0.05, 0.1) is 19.0 Å². The van der Waals surface area contributed by atoms with E-state index in [1.54, 1.807) is 24.4 Å². The number of ether oxygens (including phenoxy) is 1. The number of phosphoric acid groups is 1. The normalized spacial score (nSPS) is 12.9. The average Bonchev–Trinajstić information content (AvgIpc) is 3.32. The van der Waals surface area contributed by atoms with Gasteiger partial charge in [0.25, 0.3) is 5.82 Å². The van der Waals surface area contributed by atoms with Crippen molar-refractivity contribution in [3.8, 4) is 17.1 Å². The van der Waals surface area contributed by atoms with Crippen molar-refractivity contribution in [3.05, 3.63) is 95.1 Å².